The summed E-state index contributed by atoms with van der Waals surface area (Å²) in [5.74, 6) is 0. The molecule has 2 aromatic rings. The Morgan fingerprint density at radius 1 is 1.05 bits per heavy atom. The van der Waals surface area contributed by atoms with E-state index < -0.39 is 0 Å². The van der Waals surface area contributed by atoms with Gasteiger partial charge in [0.05, 0.1) is 16.7 Å². The van der Waals surface area contributed by atoms with Gasteiger partial charge in [-0.3, -0.25) is 4.79 Å². The van der Waals surface area contributed by atoms with Crippen molar-refractivity contribution in [3.8, 4) is 0 Å². The van der Waals surface area contributed by atoms with Crippen LogP contribution < -0.4 is 0 Å². The molecule has 4 nitrogen and oxygen atoms in total. The Morgan fingerprint density at radius 2 is 1.65 bits per heavy atom. The number of aldehydes is 1. The van der Waals surface area contributed by atoms with Crippen LogP contribution in [0.3, 0.4) is 0 Å². The van der Waals surface area contributed by atoms with Crippen molar-refractivity contribution in [1.29, 1.82) is 0 Å². The van der Waals surface area contributed by atoms with Crippen molar-refractivity contribution >= 4 is 29.8 Å². The highest BCUT2D eigenvalue weighted by Gasteiger charge is 1.91. The summed E-state index contributed by atoms with van der Waals surface area (Å²) in [7, 11) is 0. The van der Waals surface area contributed by atoms with Crippen LogP contribution in [0.25, 0.3) is 0 Å². The fraction of sp³-hybridized carbons (Fsp3) is 0.214. The molecular formula is C14H16N2O2S2. The van der Waals surface area contributed by atoms with Crippen LogP contribution >= 0.6 is 23.5 Å². The highest BCUT2D eigenvalue weighted by atomic mass is 32.2. The largest absolute Gasteiger partial charge is 0.392 e. The molecule has 0 aromatic carbocycles. The van der Waals surface area contributed by atoms with E-state index in [1.165, 1.54) is 0 Å². The molecule has 0 fully saturated rings. The number of rotatable bonds is 4. The van der Waals surface area contributed by atoms with Gasteiger partial charge in [0.15, 0.2) is 6.29 Å². The van der Waals surface area contributed by atoms with E-state index in [4.69, 9.17) is 5.11 Å². The second kappa shape index (κ2) is 9.52. The highest BCUT2D eigenvalue weighted by Crippen LogP contribution is 2.10. The lowest BCUT2D eigenvalue weighted by atomic mass is 10.3. The molecule has 0 aliphatic rings. The van der Waals surface area contributed by atoms with Gasteiger partial charge in [-0.2, -0.15) is 0 Å². The lowest BCUT2D eigenvalue weighted by Crippen LogP contribution is -1.84. The van der Waals surface area contributed by atoms with Crippen molar-refractivity contribution in [2.75, 3.05) is 12.5 Å². The maximum absolute atomic E-state index is 10.2. The monoisotopic (exact) mass is 308 g/mol. The minimum Gasteiger partial charge on any atom is -0.392 e. The number of aliphatic hydroxyl groups is 1. The van der Waals surface area contributed by atoms with E-state index in [0.29, 0.717) is 5.56 Å². The fourth-order valence-electron chi connectivity index (χ4n) is 1.21. The molecule has 2 aromatic heterocycles. The lowest BCUT2D eigenvalue weighted by molar-refractivity contribution is 0.112. The number of nitrogens with zero attached hydrogens (tertiary/aromatic N) is 2. The molecule has 0 bridgehead atoms. The van der Waals surface area contributed by atoms with E-state index in [2.05, 4.69) is 9.97 Å². The Labute approximate surface area is 127 Å². The van der Waals surface area contributed by atoms with Crippen molar-refractivity contribution < 1.29 is 9.90 Å². The fourth-order valence-corrected chi connectivity index (χ4v) is 1.93. The van der Waals surface area contributed by atoms with Crippen molar-refractivity contribution in [2.45, 2.75) is 16.7 Å². The number of carbonyl (C=O) groups is 1. The standard InChI is InChI=1S/C7H9NOS.C7H7NOS/c2*1-10-7-3-2-6(5-9)4-8-7/h2-4,9H,5H2,1H3;2-5H,1H3. The zero-order chi connectivity index (χ0) is 14.8. The summed E-state index contributed by atoms with van der Waals surface area (Å²) < 4.78 is 0. The molecule has 2 heterocycles. The summed E-state index contributed by atoms with van der Waals surface area (Å²) in [5, 5.41) is 10.6. The molecule has 2 rings (SSSR count). The highest BCUT2D eigenvalue weighted by molar-refractivity contribution is 7.98. The molecule has 0 unspecified atom stereocenters. The number of hydrogen-bond acceptors (Lipinski definition) is 6. The summed E-state index contributed by atoms with van der Waals surface area (Å²) in [5.41, 5.74) is 1.48. The summed E-state index contributed by atoms with van der Waals surface area (Å²) in [6.07, 6.45) is 7.96. The van der Waals surface area contributed by atoms with Crippen LogP contribution in [-0.2, 0) is 6.61 Å². The first-order valence-electron chi connectivity index (χ1n) is 5.78. The van der Waals surface area contributed by atoms with Crippen LogP contribution in [0.4, 0.5) is 0 Å². The third-order valence-corrected chi connectivity index (χ3v) is 3.61. The molecule has 0 aliphatic carbocycles. The molecule has 106 valence electrons. The minimum absolute atomic E-state index is 0.0711. The summed E-state index contributed by atoms with van der Waals surface area (Å²) in [6, 6.07) is 7.36. The van der Waals surface area contributed by atoms with Crippen LogP contribution in [0.5, 0.6) is 0 Å². The number of carbonyl (C=O) groups excluding carboxylic acids is 1. The van der Waals surface area contributed by atoms with E-state index in [1.807, 2.05) is 30.7 Å². The minimum atomic E-state index is 0.0711. The third kappa shape index (κ3) is 5.73. The van der Waals surface area contributed by atoms with E-state index >= 15 is 0 Å². The molecular weight excluding hydrogens is 292 g/mol. The SMILES string of the molecule is CSc1ccc(C=O)cn1.CSc1ccc(CO)cn1. The van der Waals surface area contributed by atoms with Crippen LogP contribution in [-0.4, -0.2) is 33.9 Å². The van der Waals surface area contributed by atoms with E-state index in [9.17, 15) is 4.79 Å². The zero-order valence-electron chi connectivity index (χ0n) is 11.3. The average molecular weight is 308 g/mol. The van der Waals surface area contributed by atoms with Gasteiger partial charge in [-0.25, -0.2) is 9.97 Å². The zero-order valence-corrected chi connectivity index (χ0v) is 12.9. The van der Waals surface area contributed by atoms with E-state index in [1.54, 1.807) is 42.0 Å². The summed E-state index contributed by atoms with van der Waals surface area (Å²) >= 11 is 3.16. The van der Waals surface area contributed by atoms with Gasteiger partial charge in [-0.15, -0.1) is 23.5 Å². The van der Waals surface area contributed by atoms with Crippen molar-refractivity contribution in [3.63, 3.8) is 0 Å². The topological polar surface area (TPSA) is 63.1 Å². The van der Waals surface area contributed by atoms with Crippen LogP contribution in [0, 0.1) is 0 Å². The molecule has 0 radical (unpaired) electrons. The number of pyridine rings is 2. The van der Waals surface area contributed by atoms with Gasteiger partial charge in [0, 0.05) is 18.0 Å². The van der Waals surface area contributed by atoms with Crippen LogP contribution in [0.2, 0.25) is 0 Å². The lowest BCUT2D eigenvalue weighted by Gasteiger charge is -1.95. The van der Waals surface area contributed by atoms with Crippen molar-refractivity contribution in [3.05, 3.63) is 47.8 Å². The third-order valence-electron chi connectivity index (χ3n) is 2.29. The van der Waals surface area contributed by atoms with Gasteiger partial charge in [-0.05, 0) is 36.3 Å². The quantitative estimate of drug-likeness (QED) is 0.692. The van der Waals surface area contributed by atoms with Crippen molar-refractivity contribution in [2.24, 2.45) is 0 Å². The molecule has 1 N–H and O–H groups in total. The Morgan fingerprint density at radius 3 is 2.00 bits per heavy atom. The molecule has 20 heavy (non-hydrogen) atoms. The average Bonchev–Trinajstić information content (AvgIpc) is 2.55. The molecule has 6 heteroatoms. The predicted molar refractivity (Wildman–Crippen MR) is 83.3 cm³/mol. The van der Waals surface area contributed by atoms with Gasteiger partial charge in [-0.1, -0.05) is 6.07 Å². The first-order chi connectivity index (χ1) is 9.73. The molecule has 0 spiro atoms. The number of hydrogen-bond donors (Lipinski definition) is 1. The Bertz CT molecular complexity index is 493. The maximum atomic E-state index is 10.2. The van der Waals surface area contributed by atoms with Gasteiger partial charge < -0.3 is 5.11 Å². The van der Waals surface area contributed by atoms with E-state index in [0.717, 1.165) is 21.9 Å². The number of thioether (sulfide) groups is 2. The van der Waals surface area contributed by atoms with Gasteiger partial charge in [0.2, 0.25) is 0 Å². The van der Waals surface area contributed by atoms with Crippen molar-refractivity contribution in [1.82, 2.24) is 9.97 Å². The molecule has 0 saturated carbocycles. The molecule has 0 amide bonds. The summed E-state index contributed by atoms with van der Waals surface area (Å²) in [4.78, 5) is 18.2. The second-order valence-electron chi connectivity index (χ2n) is 3.62. The smallest absolute Gasteiger partial charge is 0.151 e. The normalized spacial score (nSPS) is 9.55. The number of aliphatic hydroxyl groups excluding tert-OH is 1. The first-order valence-corrected chi connectivity index (χ1v) is 8.23. The Kier molecular flexibility index (Phi) is 7.94. The van der Waals surface area contributed by atoms with Gasteiger partial charge in [0.25, 0.3) is 0 Å². The van der Waals surface area contributed by atoms with Crippen LogP contribution in [0.1, 0.15) is 15.9 Å². The van der Waals surface area contributed by atoms with Gasteiger partial charge >= 0.3 is 0 Å². The maximum Gasteiger partial charge on any atom is 0.151 e. The van der Waals surface area contributed by atoms with Crippen LogP contribution in [0.15, 0.2) is 46.7 Å². The second-order valence-corrected chi connectivity index (χ2v) is 5.27. The Balaban J connectivity index is 0.000000200. The molecule has 0 aliphatic heterocycles. The summed E-state index contributed by atoms with van der Waals surface area (Å²) in [6.45, 7) is 0.0711. The van der Waals surface area contributed by atoms with E-state index in [-0.39, 0.29) is 6.61 Å². The molecule has 0 saturated heterocycles. The van der Waals surface area contributed by atoms with Gasteiger partial charge in [0.1, 0.15) is 0 Å². The predicted octanol–water partition coefficient (Wildman–Crippen LogP) is 2.91. The first kappa shape index (κ1) is 16.7. The number of aromatic nitrogens is 2. The Hall–Kier alpha value is -1.37. The molecule has 0 atom stereocenters.